The number of carbonyl (C=O) groups is 2. The first-order valence-electron chi connectivity index (χ1n) is 7.69. The summed E-state index contributed by atoms with van der Waals surface area (Å²) < 4.78 is 32.4. The van der Waals surface area contributed by atoms with Crippen molar-refractivity contribution < 1.29 is 22.7 Å². The molecule has 0 atom stereocenters. The number of rotatable bonds is 4. The Kier molecular flexibility index (Phi) is 4.34. The maximum atomic E-state index is 13.1. The summed E-state index contributed by atoms with van der Waals surface area (Å²) in [5.74, 6) is 0.152. The van der Waals surface area contributed by atoms with Crippen molar-refractivity contribution >= 4 is 27.3 Å². The molecule has 2 aromatic rings. The highest BCUT2D eigenvalue weighted by atomic mass is 32.2. The number of Topliss-reactive ketones (excluding diaryl/α,β-unsaturated/α-hetero) is 2. The van der Waals surface area contributed by atoms with E-state index < -0.39 is 10.0 Å². The second-order valence-corrected chi connectivity index (χ2v) is 7.58. The van der Waals surface area contributed by atoms with Crippen LogP contribution < -0.4 is 9.04 Å². The van der Waals surface area contributed by atoms with Crippen LogP contribution in [0.1, 0.15) is 34.1 Å². The molecule has 0 bridgehead atoms. The third-order valence-corrected chi connectivity index (χ3v) is 5.95. The lowest BCUT2D eigenvalue weighted by Gasteiger charge is -2.30. The first-order chi connectivity index (χ1) is 11.8. The average Bonchev–Trinajstić information content (AvgIpc) is 2.61. The molecule has 0 N–H and O–H groups in total. The highest BCUT2D eigenvalue weighted by Gasteiger charge is 2.32. The summed E-state index contributed by atoms with van der Waals surface area (Å²) in [7, 11) is -2.40. The highest BCUT2D eigenvalue weighted by molar-refractivity contribution is 7.92. The molecule has 0 saturated carbocycles. The Hall–Kier alpha value is -2.67. The zero-order valence-electron chi connectivity index (χ0n) is 13.9. The molecule has 0 amide bonds. The van der Waals surface area contributed by atoms with Crippen LogP contribution in [-0.4, -0.2) is 33.6 Å². The van der Waals surface area contributed by atoms with Crippen LogP contribution in [-0.2, 0) is 10.0 Å². The molecule has 1 aliphatic rings. The summed E-state index contributed by atoms with van der Waals surface area (Å²) in [6.07, 6.45) is 0.0891. The third-order valence-electron chi connectivity index (χ3n) is 4.14. The molecule has 0 fully saturated rings. The summed E-state index contributed by atoms with van der Waals surface area (Å²) in [6, 6.07) is 10.6. The fourth-order valence-electron chi connectivity index (χ4n) is 2.79. The molecule has 0 radical (unpaired) electrons. The van der Waals surface area contributed by atoms with E-state index in [-0.39, 0.29) is 29.4 Å². The van der Waals surface area contributed by atoms with Gasteiger partial charge in [0.15, 0.2) is 11.6 Å². The van der Waals surface area contributed by atoms with Gasteiger partial charge in [-0.15, -0.1) is 0 Å². The van der Waals surface area contributed by atoms with Crippen molar-refractivity contribution in [1.29, 1.82) is 0 Å². The second-order valence-electron chi connectivity index (χ2n) is 5.72. The first-order valence-corrected chi connectivity index (χ1v) is 9.13. The van der Waals surface area contributed by atoms with Crippen molar-refractivity contribution in [2.75, 3.05) is 18.0 Å². The van der Waals surface area contributed by atoms with E-state index in [2.05, 4.69) is 0 Å². The Balaban J connectivity index is 2.11. The number of sulfonamides is 1. The minimum absolute atomic E-state index is 0.0244. The van der Waals surface area contributed by atoms with Gasteiger partial charge >= 0.3 is 0 Å². The van der Waals surface area contributed by atoms with Crippen LogP contribution in [0, 0.1) is 0 Å². The molecule has 1 heterocycles. The number of fused-ring (bicyclic) bond motifs is 1. The first kappa shape index (κ1) is 17.2. The van der Waals surface area contributed by atoms with E-state index in [4.69, 9.17) is 4.74 Å². The molecule has 3 rings (SSSR count). The van der Waals surface area contributed by atoms with Crippen LogP contribution in [0.25, 0.3) is 0 Å². The predicted octanol–water partition coefficient (Wildman–Crippen LogP) is 2.68. The van der Waals surface area contributed by atoms with Gasteiger partial charge in [-0.25, -0.2) is 8.42 Å². The Morgan fingerprint density at radius 2 is 1.92 bits per heavy atom. The fraction of sp³-hybridized carbons (Fsp3) is 0.222. The Bertz CT molecular complexity index is 965. The van der Waals surface area contributed by atoms with Gasteiger partial charge in [0.05, 0.1) is 17.7 Å². The van der Waals surface area contributed by atoms with E-state index in [0.29, 0.717) is 22.6 Å². The topological polar surface area (TPSA) is 80.8 Å². The maximum absolute atomic E-state index is 13.1. The number of hydrogen-bond donors (Lipinski definition) is 0. The van der Waals surface area contributed by atoms with Gasteiger partial charge in [0, 0.05) is 24.1 Å². The van der Waals surface area contributed by atoms with Gasteiger partial charge in [-0.05, 0) is 37.3 Å². The second kappa shape index (κ2) is 6.33. The average molecular weight is 359 g/mol. The minimum atomic E-state index is -3.89. The molecular weight excluding hydrogens is 342 g/mol. The SMILES string of the molecule is COc1ccc2c(c1)C(=O)CCN2S(=O)(=O)c1cccc(C(C)=O)c1. The van der Waals surface area contributed by atoms with Crippen molar-refractivity contribution in [3.05, 3.63) is 53.6 Å². The molecule has 0 aliphatic carbocycles. The van der Waals surface area contributed by atoms with E-state index in [1.54, 1.807) is 24.3 Å². The Morgan fingerprint density at radius 1 is 1.16 bits per heavy atom. The predicted molar refractivity (Wildman–Crippen MR) is 92.9 cm³/mol. The molecule has 7 heteroatoms. The van der Waals surface area contributed by atoms with E-state index in [0.717, 1.165) is 0 Å². The quantitative estimate of drug-likeness (QED) is 0.784. The van der Waals surface area contributed by atoms with Crippen molar-refractivity contribution in [2.24, 2.45) is 0 Å². The lowest BCUT2D eigenvalue weighted by atomic mass is 10.0. The number of carbonyl (C=O) groups excluding carboxylic acids is 2. The highest BCUT2D eigenvalue weighted by Crippen LogP contribution is 2.34. The number of nitrogens with zero attached hydrogens (tertiary/aromatic N) is 1. The molecule has 1 aliphatic heterocycles. The number of hydrogen-bond acceptors (Lipinski definition) is 5. The van der Waals surface area contributed by atoms with Crippen molar-refractivity contribution in [1.82, 2.24) is 0 Å². The number of ketones is 2. The van der Waals surface area contributed by atoms with Gasteiger partial charge in [-0.2, -0.15) is 0 Å². The lowest BCUT2D eigenvalue weighted by Crippen LogP contribution is -2.37. The normalized spacial score (nSPS) is 14.2. The van der Waals surface area contributed by atoms with E-state index in [9.17, 15) is 18.0 Å². The number of benzene rings is 2. The Labute approximate surface area is 146 Å². The van der Waals surface area contributed by atoms with Crippen molar-refractivity contribution in [3.63, 3.8) is 0 Å². The lowest BCUT2D eigenvalue weighted by molar-refractivity contribution is 0.0980. The van der Waals surface area contributed by atoms with Gasteiger partial charge < -0.3 is 4.74 Å². The molecule has 2 aromatic carbocycles. The van der Waals surface area contributed by atoms with E-state index in [1.165, 1.54) is 36.5 Å². The zero-order valence-corrected chi connectivity index (χ0v) is 14.7. The monoisotopic (exact) mass is 359 g/mol. The van der Waals surface area contributed by atoms with Crippen LogP contribution in [0.5, 0.6) is 5.75 Å². The molecule has 25 heavy (non-hydrogen) atoms. The molecule has 0 unspecified atom stereocenters. The molecule has 130 valence electrons. The van der Waals surface area contributed by atoms with Gasteiger partial charge in [0.25, 0.3) is 10.0 Å². The summed E-state index contributed by atoms with van der Waals surface area (Å²) in [6.45, 7) is 1.44. The van der Waals surface area contributed by atoms with Crippen LogP contribution in [0.4, 0.5) is 5.69 Å². The third kappa shape index (κ3) is 3.02. The van der Waals surface area contributed by atoms with Crippen molar-refractivity contribution in [2.45, 2.75) is 18.2 Å². The van der Waals surface area contributed by atoms with Crippen LogP contribution in [0.3, 0.4) is 0 Å². The van der Waals surface area contributed by atoms with Gasteiger partial charge in [0.1, 0.15) is 5.75 Å². The summed E-state index contributed by atoms with van der Waals surface area (Å²) in [5.41, 5.74) is 0.964. The summed E-state index contributed by atoms with van der Waals surface area (Å²) >= 11 is 0. The van der Waals surface area contributed by atoms with Crippen LogP contribution >= 0.6 is 0 Å². The zero-order chi connectivity index (χ0) is 18.2. The largest absolute Gasteiger partial charge is 0.497 e. The van der Waals surface area contributed by atoms with Gasteiger partial charge in [-0.3, -0.25) is 13.9 Å². The van der Waals surface area contributed by atoms with E-state index >= 15 is 0 Å². The standard InChI is InChI=1S/C18H17NO5S/c1-12(20)13-4-3-5-15(10-13)25(22,23)19-9-8-18(21)16-11-14(24-2)6-7-17(16)19/h3-7,10-11H,8-9H2,1-2H3. The summed E-state index contributed by atoms with van der Waals surface area (Å²) in [5, 5.41) is 0. The van der Waals surface area contributed by atoms with Crippen molar-refractivity contribution in [3.8, 4) is 5.75 Å². The van der Waals surface area contributed by atoms with Crippen LogP contribution in [0.15, 0.2) is 47.4 Å². The molecular formula is C18H17NO5S. The molecule has 6 nitrogen and oxygen atoms in total. The molecule has 0 aromatic heterocycles. The minimum Gasteiger partial charge on any atom is -0.497 e. The molecule has 0 saturated heterocycles. The van der Waals surface area contributed by atoms with Crippen LogP contribution in [0.2, 0.25) is 0 Å². The van der Waals surface area contributed by atoms with Gasteiger partial charge in [0.2, 0.25) is 0 Å². The summed E-state index contributed by atoms with van der Waals surface area (Å²) in [4.78, 5) is 23.8. The maximum Gasteiger partial charge on any atom is 0.264 e. The van der Waals surface area contributed by atoms with Gasteiger partial charge in [-0.1, -0.05) is 12.1 Å². The van der Waals surface area contributed by atoms with E-state index in [1.807, 2.05) is 0 Å². The Morgan fingerprint density at radius 3 is 2.60 bits per heavy atom. The smallest absolute Gasteiger partial charge is 0.264 e. The number of ether oxygens (including phenoxy) is 1. The fourth-order valence-corrected chi connectivity index (χ4v) is 4.32. The number of anilines is 1. The molecule has 0 spiro atoms. The number of methoxy groups -OCH3 is 1.